The van der Waals surface area contributed by atoms with Gasteiger partial charge in [0.2, 0.25) is 5.95 Å². The summed E-state index contributed by atoms with van der Waals surface area (Å²) in [6, 6.07) is 8.24. The monoisotopic (exact) mass is 320 g/mol. The van der Waals surface area contributed by atoms with Gasteiger partial charge in [-0.15, -0.1) is 0 Å². The summed E-state index contributed by atoms with van der Waals surface area (Å²) >= 11 is 0. The van der Waals surface area contributed by atoms with Gasteiger partial charge in [0, 0.05) is 43.1 Å². The number of nitrogens with one attached hydrogen (secondary N) is 2. The van der Waals surface area contributed by atoms with Gasteiger partial charge < -0.3 is 15.5 Å². The summed E-state index contributed by atoms with van der Waals surface area (Å²) in [4.78, 5) is 15.7. The predicted molar refractivity (Wildman–Crippen MR) is 95.2 cm³/mol. The van der Waals surface area contributed by atoms with Gasteiger partial charge in [-0.2, -0.15) is 4.98 Å². The Morgan fingerprint density at radius 1 is 1.21 bits per heavy atom. The lowest BCUT2D eigenvalue weighted by atomic mass is 9.79. The van der Waals surface area contributed by atoms with E-state index in [0.29, 0.717) is 5.41 Å². The molecule has 0 amide bonds. The number of hydrogen-bond acceptors (Lipinski definition) is 6. The summed E-state index contributed by atoms with van der Waals surface area (Å²) in [7, 11) is 0. The number of rotatable bonds is 3. The van der Waals surface area contributed by atoms with Crippen LogP contribution in [0.4, 0.5) is 17.5 Å². The SMILES string of the molecule is C1=NCc2ccc(Nc3ccnc(N4CC5(CCNC5)C4)n3)cc21. The largest absolute Gasteiger partial charge is 0.340 e. The summed E-state index contributed by atoms with van der Waals surface area (Å²) in [5.41, 5.74) is 3.95. The molecule has 0 aliphatic carbocycles. The van der Waals surface area contributed by atoms with Crippen molar-refractivity contribution in [3.8, 4) is 0 Å². The number of fused-ring (bicyclic) bond motifs is 1. The highest BCUT2D eigenvalue weighted by Gasteiger charge is 2.45. The van der Waals surface area contributed by atoms with E-state index in [1.165, 1.54) is 17.5 Å². The Kier molecular flexibility index (Phi) is 3.06. The van der Waals surface area contributed by atoms with Gasteiger partial charge in [-0.1, -0.05) is 6.07 Å². The highest BCUT2D eigenvalue weighted by Crippen LogP contribution is 2.37. The number of hydrogen-bond donors (Lipinski definition) is 2. The summed E-state index contributed by atoms with van der Waals surface area (Å²) < 4.78 is 0. The molecule has 2 N–H and O–H groups in total. The van der Waals surface area contributed by atoms with Gasteiger partial charge in [0.15, 0.2) is 0 Å². The smallest absolute Gasteiger partial charge is 0.227 e. The molecular formula is C18H20N6. The summed E-state index contributed by atoms with van der Waals surface area (Å²) in [6.07, 6.45) is 5.02. The van der Waals surface area contributed by atoms with Crippen LogP contribution in [0.15, 0.2) is 35.5 Å². The molecule has 2 aromatic rings. The lowest BCUT2D eigenvalue weighted by Crippen LogP contribution is -2.58. The van der Waals surface area contributed by atoms with Crippen LogP contribution >= 0.6 is 0 Å². The first kappa shape index (κ1) is 13.9. The first-order valence-electron chi connectivity index (χ1n) is 8.48. The van der Waals surface area contributed by atoms with Gasteiger partial charge in [-0.05, 0) is 42.3 Å². The molecule has 3 aliphatic heterocycles. The van der Waals surface area contributed by atoms with E-state index >= 15 is 0 Å². The van der Waals surface area contributed by atoms with Crippen molar-refractivity contribution in [2.45, 2.75) is 13.0 Å². The van der Waals surface area contributed by atoms with Crippen LogP contribution in [0.1, 0.15) is 17.5 Å². The molecule has 1 aromatic carbocycles. The highest BCUT2D eigenvalue weighted by molar-refractivity contribution is 5.86. The predicted octanol–water partition coefficient (Wildman–Crippen LogP) is 1.95. The Bertz CT molecular complexity index is 801. The second-order valence-corrected chi connectivity index (χ2v) is 7.03. The third kappa shape index (κ3) is 2.34. The minimum absolute atomic E-state index is 0.451. The molecule has 122 valence electrons. The van der Waals surface area contributed by atoms with Crippen LogP contribution in [0, 0.1) is 5.41 Å². The van der Waals surface area contributed by atoms with E-state index < -0.39 is 0 Å². The van der Waals surface area contributed by atoms with Crippen molar-refractivity contribution in [3.05, 3.63) is 41.6 Å². The van der Waals surface area contributed by atoms with Gasteiger partial charge in [-0.25, -0.2) is 4.98 Å². The topological polar surface area (TPSA) is 65.4 Å². The molecule has 1 spiro atoms. The molecule has 5 rings (SSSR count). The van der Waals surface area contributed by atoms with E-state index in [1.54, 1.807) is 0 Å². The van der Waals surface area contributed by atoms with Crippen molar-refractivity contribution in [1.82, 2.24) is 15.3 Å². The molecule has 24 heavy (non-hydrogen) atoms. The molecule has 4 heterocycles. The Morgan fingerprint density at radius 2 is 2.17 bits per heavy atom. The van der Waals surface area contributed by atoms with Crippen LogP contribution in [0.3, 0.4) is 0 Å². The molecular weight excluding hydrogens is 300 g/mol. The maximum Gasteiger partial charge on any atom is 0.227 e. The molecule has 0 saturated carbocycles. The maximum atomic E-state index is 4.69. The summed E-state index contributed by atoms with van der Waals surface area (Å²) in [6.45, 7) is 5.16. The minimum Gasteiger partial charge on any atom is -0.340 e. The molecule has 0 radical (unpaired) electrons. The number of nitrogens with zero attached hydrogens (tertiary/aromatic N) is 4. The minimum atomic E-state index is 0.451. The molecule has 2 fully saturated rings. The number of anilines is 3. The van der Waals surface area contributed by atoms with E-state index in [0.717, 1.165) is 50.2 Å². The zero-order chi connectivity index (χ0) is 16.0. The van der Waals surface area contributed by atoms with Crippen LogP contribution in [-0.2, 0) is 6.54 Å². The lowest BCUT2D eigenvalue weighted by Gasteiger charge is -2.47. The Morgan fingerprint density at radius 3 is 3.04 bits per heavy atom. The third-order valence-electron chi connectivity index (χ3n) is 5.22. The average molecular weight is 320 g/mol. The van der Waals surface area contributed by atoms with Gasteiger partial charge in [0.25, 0.3) is 0 Å². The van der Waals surface area contributed by atoms with Crippen molar-refractivity contribution in [1.29, 1.82) is 0 Å². The first-order chi connectivity index (χ1) is 11.8. The van der Waals surface area contributed by atoms with E-state index in [2.05, 4.69) is 48.7 Å². The molecule has 0 bridgehead atoms. The fourth-order valence-electron chi connectivity index (χ4n) is 3.87. The zero-order valence-electron chi connectivity index (χ0n) is 13.5. The van der Waals surface area contributed by atoms with Crippen LogP contribution in [0.25, 0.3) is 0 Å². The van der Waals surface area contributed by atoms with Gasteiger partial charge in [0.05, 0.1) is 6.54 Å². The van der Waals surface area contributed by atoms with Crippen molar-refractivity contribution >= 4 is 23.7 Å². The van der Waals surface area contributed by atoms with Crippen molar-refractivity contribution < 1.29 is 0 Å². The lowest BCUT2D eigenvalue weighted by molar-refractivity contribution is 0.240. The normalized spacial score (nSPS) is 20.2. The number of aromatic nitrogens is 2. The van der Waals surface area contributed by atoms with Gasteiger partial charge >= 0.3 is 0 Å². The number of aliphatic imine (C=N–C) groups is 1. The van der Waals surface area contributed by atoms with Gasteiger partial charge in [-0.3, -0.25) is 4.99 Å². The second-order valence-electron chi connectivity index (χ2n) is 7.03. The van der Waals surface area contributed by atoms with Gasteiger partial charge in [0.1, 0.15) is 5.82 Å². The summed E-state index contributed by atoms with van der Waals surface area (Å²) in [5.74, 6) is 1.65. The van der Waals surface area contributed by atoms with E-state index in [9.17, 15) is 0 Å². The fourth-order valence-corrected chi connectivity index (χ4v) is 3.87. The quantitative estimate of drug-likeness (QED) is 0.905. The Labute approximate surface area is 141 Å². The molecule has 2 saturated heterocycles. The zero-order valence-corrected chi connectivity index (χ0v) is 13.5. The molecule has 6 nitrogen and oxygen atoms in total. The Balaban J connectivity index is 1.32. The van der Waals surface area contributed by atoms with Crippen molar-refractivity contribution in [2.24, 2.45) is 10.4 Å². The molecule has 6 heteroatoms. The van der Waals surface area contributed by atoms with E-state index in [4.69, 9.17) is 0 Å². The van der Waals surface area contributed by atoms with E-state index in [-0.39, 0.29) is 0 Å². The van der Waals surface area contributed by atoms with Crippen LogP contribution in [-0.4, -0.2) is 42.4 Å². The maximum absolute atomic E-state index is 4.69. The second kappa shape index (κ2) is 5.27. The highest BCUT2D eigenvalue weighted by atomic mass is 15.3. The van der Waals surface area contributed by atoms with Crippen LogP contribution in [0.5, 0.6) is 0 Å². The first-order valence-corrected chi connectivity index (χ1v) is 8.48. The van der Waals surface area contributed by atoms with Crippen molar-refractivity contribution in [2.75, 3.05) is 36.4 Å². The third-order valence-corrected chi connectivity index (χ3v) is 5.22. The fraction of sp³-hybridized carbons (Fsp3) is 0.389. The molecule has 1 aromatic heterocycles. The standard InChI is InChI=1S/C18H20N6/c1-2-15(7-14-9-20-8-13(1)14)22-16-3-5-21-17(23-16)24-11-18(12-24)4-6-19-10-18/h1-3,5,7,9,19H,4,6,8,10-12H2,(H,21,22,23). The average Bonchev–Trinajstić information content (AvgIpc) is 3.22. The summed E-state index contributed by atoms with van der Waals surface area (Å²) in [5, 5.41) is 6.85. The molecule has 0 unspecified atom stereocenters. The van der Waals surface area contributed by atoms with E-state index in [1.807, 2.05) is 18.5 Å². The number of benzene rings is 1. The van der Waals surface area contributed by atoms with Crippen LogP contribution < -0.4 is 15.5 Å². The Hall–Kier alpha value is -2.47. The molecule has 0 atom stereocenters. The molecule has 3 aliphatic rings. The van der Waals surface area contributed by atoms with Crippen molar-refractivity contribution in [3.63, 3.8) is 0 Å². The van der Waals surface area contributed by atoms with Crippen LogP contribution in [0.2, 0.25) is 0 Å².